The summed E-state index contributed by atoms with van der Waals surface area (Å²) in [5.41, 5.74) is 2.56. The number of nitrogens with zero attached hydrogens (tertiary/aromatic N) is 3. The first-order chi connectivity index (χ1) is 13.1. The fourth-order valence-electron chi connectivity index (χ4n) is 4.17. The zero-order valence-electron chi connectivity index (χ0n) is 15.8. The van der Waals surface area contributed by atoms with Gasteiger partial charge in [0.1, 0.15) is 5.82 Å². The summed E-state index contributed by atoms with van der Waals surface area (Å²) in [5, 5.41) is 0. The van der Waals surface area contributed by atoms with Crippen LogP contribution in [0.2, 0.25) is 0 Å². The molecule has 0 aromatic heterocycles. The van der Waals surface area contributed by atoms with Gasteiger partial charge in [0.15, 0.2) is 0 Å². The molecule has 1 saturated heterocycles. The number of hydrogen-bond acceptors (Lipinski definition) is 3. The number of likely N-dealkylation sites (tertiary alicyclic amines) is 1. The van der Waals surface area contributed by atoms with Gasteiger partial charge in [-0.15, -0.1) is 0 Å². The number of benzene rings is 2. The van der Waals surface area contributed by atoms with Crippen LogP contribution >= 0.6 is 0 Å². The highest BCUT2D eigenvalue weighted by Crippen LogP contribution is 2.38. The molecule has 1 amide bonds. The molecule has 4 nitrogen and oxygen atoms in total. The average Bonchev–Trinajstić information content (AvgIpc) is 2.73. The number of amides is 1. The van der Waals surface area contributed by atoms with Crippen LogP contribution in [0.1, 0.15) is 26.2 Å². The fraction of sp³-hybridized carbons (Fsp3) is 0.409. The molecule has 142 valence electrons. The van der Waals surface area contributed by atoms with Crippen LogP contribution in [-0.2, 0) is 4.79 Å². The van der Waals surface area contributed by atoms with Gasteiger partial charge >= 0.3 is 0 Å². The van der Waals surface area contributed by atoms with Gasteiger partial charge in [0.25, 0.3) is 0 Å². The molecule has 0 bridgehead atoms. The summed E-state index contributed by atoms with van der Waals surface area (Å²) in [4.78, 5) is 19.5. The van der Waals surface area contributed by atoms with Crippen molar-refractivity contribution in [1.82, 2.24) is 4.90 Å². The standard InChI is InChI=1S/C22H26FN3O/c1-17(24-12-6-3-7-13-24)22(27)26-15-14-25(19-8-4-2-5-9-19)21-16-18(23)10-11-20(21)26/h2,4-5,8-11,16-17H,3,6-7,12-15H2,1H3. The molecule has 0 N–H and O–H groups in total. The van der Waals surface area contributed by atoms with Gasteiger partial charge in [-0.25, -0.2) is 4.39 Å². The minimum atomic E-state index is -0.284. The predicted molar refractivity (Wildman–Crippen MR) is 107 cm³/mol. The van der Waals surface area contributed by atoms with Crippen molar-refractivity contribution in [2.45, 2.75) is 32.2 Å². The highest BCUT2D eigenvalue weighted by Gasteiger charge is 2.33. The number of anilines is 3. The van der Waals surface area contributed by atoms with Gasteiger partial charge in [0.2, 0.25) is 5.91 Å². The maximum Gasteiger partial charge on any atom is 0.244 e. The van der Waals surface area contributed by atoms with E-state index in [1.54, 1.807) is 6.07 Å². The molecule has 2 aliphatic rings. The van der Waals surface area contributed by atoms with E-state index in [4.69, 9.17) is 0 Å². The number of carbonyl (C=O) groups is 1. The third-order valence-electron chi connectivity index (χ3n) is 5.70. The summed E-state index contributed by atoms with van der Waals surface area (Å²) in [6.07, 6.45) is 3.55. The highest BCUT2D eigenvalue weighted by atomic mass is 19.1. The van der Waals surface area contributed by atoms with Crippen molar-refractivity contribution >= 4 is 23.0 Å². The summed E-state index contributed by atoms with van der Waals surface area (Å²) >= 11 is 0. The molecular weight excluding hydrogens is 341 g/mol. The van der Waals surface area contributed by atoms with Crippen LogP contribution in [0.4, 0.5) is 21.5 Å². The molecule has 2 heterocycles. The van der Waals surface area contributed by atoms with E-state index in [1.807, 2.05) is 42.2 Å². The van der Waals surface area contributed by atoms with E-state index in [2.05, 4.69) is 9.80 Å². The Hall–Kier alpha value is -2.40. The topological polar surface area (TPSA) is 26.8 Å². The largest absolute Gasteiger partial charge is 0.338 e. The third-order valence-corrected chi connectivity index (χ3v) is 5.70. The number of piperidine rings is 1. The van der Waals surface area contributed by atoms with Gasteiger partial charge in [-0.1, -0.05) is 24.6 Å². The van der Waals surface area contributed by atoms with E-state index in [0.717, 1.165) is 43.0 Å². The SMILES string of the molecule is CC(C(=O)N1CCN(c2ccccc2)c2cc(F)ccc21)N1CCCCC1. The Bertz CT molecular complexity index is 804. The average molecular weight is 367 g/mol. The monoisotopic (exact) mass is 367 g/mol. The van der Waals surface area contributed by atoms with Crippen LogP contribution < -0.4 is 9.80 Å². The van der Waals surface area contributed by atoms with Gasteiger partial charge in [-0.05, 0) is 63.2 Å². The molecule has 0 saturated carbocycles. The summed E-state index contributed by atoms with van der Waals surface area (Å²) in [6.45, 7) is 5.21. The van der Waals surface area contributed by atoms with E-state index in [0.29, 0.717) is 13.1 Å². The Kier molecular flexibility index (Phi) is 5.12. The van der Waals surface area contributed by atoms with E-state index in [1.165, 1.54) is 18.6 Å². The van der Waals surface area contributed by atoms with E-state index in [-0.39, 0.29) is 17.8 Å². The summed E-state index contributed by atoms with van der Waals surface area (Å²) in [6, 6.07) is 14.5. The number of carbonyl (C=O) groups excluding carboxylic acids is 1. The lowest BCUT2D eigenvalue weighted by molar-refractivity contribution is -0.123. The molecule has 27 heavy (non-hydrogen) atoms. The third kappa shape index (κ3) is 3.56. The first-order valence-corrected chi connectivity index (χ1v) is 9.83. The lowest BCUT2D eigenvalue weighted by atomic mass is 10.1. The Morgan fingerprint density at radius 2 is 1.67 bits per heavy atom. The summed E-state index contributed by atoms with van der Waals surface area (Å²) < 4.78 is 14.0. The first kappa shape index (κ1) is 18.0. The quantitative estimate of drug-likeness (QED) is 0.814. The zero-order chi connectivity index (χ0) is 18.8. The van der Waals surface area contributed by atoms with Gasteiger partial charge in [0.05, 0.1) is 17.4 Å². The summed E-state index contributed by atoms with van der Waals surface area (Å²) in [5.74, 6) is -0.175. The predicted octanol–water partition coefficient (Wildman–Crippen LogP) is 4.18. The van der Waals surface area contributed by atoms with Crippen LogP contribution in [0.25, 0.3) is 0 Å². The molecule has 1 atom stereocenters. The molecular formula is C22H26FN3O. The number of para-hydroxylation sites is 1. The molecule has 0 aliphatic carbocycles. The lowest BCUT2D eigenvalue weighted by Gasteiger charge is -2.40. The van der Waals surface area contributed by atoms with E-state index < -0.39 is 0 Å². The van der Waals surface area contributed by atoms with Crippen molar-refractivity contribution in [3.63, 3.8) is 0 Å². The maximum absolute atomic E-state index is 14.0. The second-order valence-electron chi connectivity index (χ2n) is 7.38. The normalized spacial score (nSPS) is 18.9. The molecule has 1 fully saturated rings. The molecule has 4 rings (SSSR count). The molecule has 5 heteroatoms. The maximum atomic E-state index is 14.0. The molecule has 2 aliphatic heterocycles. The van der Waals surface area contributed by atoms with Gasteiger partial charge in [-0.2, -0.15) is 0 Å². The molecule has 0 radical (unpaired) electrons. The van der Waals surface area contributed by atoms with Crippen LogP contribution in [-0.4, -0.2) is 43.0 Å². The molecule has 2 aromatic rings. The van der Waals surface area contributed by atoms with Crippen LogP contribution in [0, 0.1) is 5.82 Å². The van der Waals surface area contributed by atoms with Gasteiger partial charge < -0.3 is 9.80 Å². The van der Waals surface area contributed by atoms with Crippen LogP contribution in [0.15, 0.2) is 48.5 Å². The van der Waals surface area contributed by atoms with Crippen molar-refractivity contribution in [3.05, 3.63) is 54.3 Å². The second kappa shape index (κ2) is 7.69. The van der Waals surface area contributed by atoms with Crippen molar-refractivity contribution in [2.24, 2.45) is 0 Å². The number of hydrogen-bond donors (Lipinski definition) is 0. The molecule has 0 spiro atoms. The van der Waals surface area contributed by atoms with E-state index in [9.17, 15) is 9.18 Å². The van der Waals surface area contributed by atoms with Gasteiger partial charge in [-0.3, -0.25) is 9.69 Å². The molecule has 2 aromatic carbocycles. The van der Waals surface area contributed by atoms with Crippen molar-refractivity contribution in [2.75, 3.05) is 36.0 Å². The van der Waals surface area contributed by atoms with Crippen molar-refractivity contribution in [3.8, 4) is 0 Å². The van der Waals surface area contributed by atoms with Gasteiger partial charge in [0, 0.05) is 18.8 Å². The minimum Gasteiger partial charge on any atom is -0.338 e. The molecule has 1 unspecified atom stereocenters. The fourth-order valence-corrected chi connectivity index (χ4v) is 4.17. The first-order valence-electron chi connectivity index (χ1n) is 9.83. The Labute approximate surface area is 160 Å². The number of fused-ring (bicyclic) bond motifs is 1. The smallest absolute Gasteiger partial charge is 0.244 e. The summed E-state index contributed by atoms with van der Waals surface area (Å²) in [7, 11) is 0. The van der Waals surface area contributed by atoms with Crippen LogP contribution in [0.5, 0.6) is 0 Å². The Morgan fingerprint density at radius 1 is 0.926 bits per heavy atom. The van der Waals surface area contributed by atoms with E-state index >= 15 is 0 Å². The van der Waals surface area contributed by atoms with Crippen molar-refractivity contribution < 1.29 is 9.18 Å². The Morgan fingerprint density at radius 3 is 2.41 bits per heavy atom. The lowest BCUT2D eigenvalue weighted by Crippen LogP contribution is -2.52. The number of rotatable bonds is 3. The zero-order valence-corrected chi connectivity index (χ0v) is 15.8. The highest BCUT2D eigenvalue weighted by molar-refractivity contribution is 6.01. The van der Waals surface area contributed by atoms with Crippen LogP contribution in [0.3, 0.4) is 0 Å². The Balaban J connectivity index is 1.64. The second-order valence-corrected chi connectivity index (χ2v) is 7.38. The van der Waals surface area contributed by atoms with Crippen molar-refractivity contribution in [1.29, 1.82) is 0 Å². The minimum absolute atomic E-state index is 0.109. The number of halogens is 1.